The van der Waals surface area contributed by atoms with Gasteiger partial charge in [-0.1, -0.05) is 41.6 Å². The van der Waals surface area contributed by atoms with E-state index in [4.69, 9.17) is 0 Å². The van der Waals surface area contributed by atoms with E-state index in [2.05, 4.69) is 21.0 Å². The van der Waals surface area contributed by atoms with Crippen LogP contribution in [0.5, 0.6) is 0 Å². The van der Waals surface area contributed by atoms with Gasteiger partial charge in [-0.3, -0.25) is 4.68 Å². The molecule has 0 amide bonds. The van der Waals surface area contributed by atoms with Crippen LogP contribution in [0.15, 0.2) is 12.4 Å². The second-order valence-electron chi connectivity index (χ2n) is 5.47. The lowest BCUT2D eigenvalue weighted by Gasteiger charge is -2.30. The molecule has 0 spiro atoms. The summed E-state index contributed by atoms with van der Waals surface area (Å²) in [6, 6.07) is 0. The fraction of sp³-hybridized carbons (Fsp3) is 0.769. The van der Waals surface area contributed by atoms with Crippen molar-refractivity contribution in [1.29, 1.82) is 0 Å². The molecule has 0 bridgehead atoms. The van der Waals surface area contributed by atoms with Gasteiger partial charge in [0.05, 0.1) is 11.8 Å². The van der Waals surface area contributed by atoms with E-state index in [1.165, 1.54) is 17.5 Å². The third-order valence-corrected chi connectivity index (χ3v) is 5.10. The molecule has 0 saturated heterocycles. The Labute approximate surface area is 119 Å². The first-order valence-electron chi connectivity index (χ1n) is 6.61. The van der Waals surface area contributed by atoms with Crippen LogP contribution in [0, 0.1) is 5.41 Å². The average Bonchev–Trinajstić information content (AvgIpc) is 2.69. The first kappa shape index (κ1) is 14.9. The van der Waals surface area contributed by atoms with Gasteiger partial charge in [-0.25, -0.2) is 0 Å². The Morgan fingerprint density at radius 3 is 2.32 bits per heavy atom. The van der Waals surface area contributed by atoms with Gasteiger partial charge < -0.3 is 0 Å². The van der Waals surface area contributed by atoms with Gasteiger partial charge in [0.2, 0.25) is 0 Å². The summed E-state index contributed by atoms with van der Waals surface area (Å²) in [4.78, 5) is 0. The fourth-order valence-electron chi connectivity index (χ4n) is 2.75. The van der Waals surface area contributed by atoms with E-state index < -0.39 is 11.7 Å². The number of alkyl halides is 4. The Bertz CT molecular complexity index is 406. The smallest absolute Gasteiger partial charge is 0.272 e. The lowest BCUT2D eigenvalue weighted by molar-refractivity contribution is -0.137. The molecule has 1 fully saturated rings. The molecular formula is C13H18BrF3N2. The summed E-state index contributed by atoms with van der Waals surface area (Å²) in [6.45, 7) is 0.564. The molecule has 2 rings (SSSR count). The van der Waals surface area contributed by atoms with E-state index in [0.29, 0.717) is 6.54 Å². The Hall–Kier alpha value is -0.520. The topological polar surface area (TPSA) is 17.8 Å². The van der Waals surface area contributed by atoms with Gasteiger partial charge in [0, 0.05) is 18.1 Å². The van der Waals surface area contributed by atoms with Crippen LogP contribution in [-0.4, -0.2) is 15.1 Å². The third-order valence-electron chi connectivity index (χ3n) is 3.91. The lowest BCUT2D eigenvalue weighted by atomic mass is 9.82. The Morgan fingerprint density at radius 2 is 1.84 bits per heavy atom. The van der Waals surface area contributed by atoms with E-state index in [9.17, 15) is 13.2 Å². The highest BCUT2D eigenvalue weighted by atomic mass is 79.9. The van der Waals surface area contributed by atoms with Crippen molar-refractivity contribution < 1.29 is 13.2 Å². The first-order chi connectivity index (χ1) is 8.95. The predicted molar refractivity (Wildman–Crippen MR) is 71.2 cm³/mol. The van der Waals surface area contributed by atoms with Crippen LogP contribution in [0.2, 0.25) is 0 Å². The molecule has 0 aromatic carbocycles. The lowest BCUT2D eigenvalue weighted by Crippen LogP contribution is -2.28. The molecule has 1 aliphatic rings. The van der Waals surface area contributed by atoms with Crippen LogP contribution in [-0.2, 0) is 12.7 Å². The zero-order valence-electron chi connectivity index (χ0n) is 10.7. The van der Waals surface area contributed by atoms with Crippen LogP contribution >= 0.6 is 15.9 Å². The molecule has 0 unspecified atom stereocenters. The molecule has 19 heavy (non-hydrogen) atoms. The Morgan fingerprint density at radius 1 is 1.21 bits per heavy atom. The van der Waals surface area contributed by atoms with Gasteiger partial charge in [-0.15, -0.1) is 0 Å². The third kappa shape index (κ3) is 3.74. The molecule has 1 heterocycles. The number of aromatic nitrogens is 2. The quantitative estimate of drug-likeness (QED) is 0.580. The molecule has 6 heteroatoms. The Balaban J connectivity index is 2.11. The minimum Gasteiger partial charge on any atom is -0.272 e. The molecule has 0 atom stereocenters. The van der Waals surface area contributed by atoms with Crippen molar-refractivity contribution >= 4 is 15.9 Å². The molecule has 1 aliphatic carbocycles. The van der Waals surface area contributed by atoms with Gasteiger partial charge in [-0.2, -0.15) is 18.3 Å². The van der Waals surface area contributed by atoms with E-state index in [1.807, 2.05) is 0 Å². The van der Waals surface area contributed by atoms with Crippen molar-refractivity contribution in [2.45, 2.75) is 51.2 Å². The summed E-state index contributed by atoms with van der Waals surface area (Å²) in [5.74, 6) is 0. The summed E-state index contributed by atoms with van der Waals surface area (Å²) in [5, 5.41) is 4.70. The van der Waals surface area contributed by atoms with Crippen molar-refractivity contribution in [3.05, 3.63) is 18.0 Å². The maximum atomic E-state index is 12.6. The highest BCUT2D eigenvalue weighted by Crippen LogP contribution is 2.38. The Kier molecular flexibility index (Phi) is 4.58. The summed E-state index contributed by atoms with van der Waals surface area (Å²) in [7, 11) is 0. The van der Waals surface area contributed by atoms with Crippen LogP contribution in [0.3, 0.4) is 0 Å². The summed E-state index contributed by atoms with van der Waals surface area (Å²) >= 11 is 3.54. The molecule has 108 valence electrons. The van der Waals surface area contributed by atoms with Crippen molar-refractivity contribution in [3.63, 3.8) is 0 Å². The zero-order valence-corrected chi connectivity index (χ0v) is 12.3. The minimum absolute atomic E-state index is 0.0470. The van der Waals surface area contributed by atoms with Crippen LogP contribution < -0.4 is 0 Å². The van der Waals surface area contributed by atoms with Gasteiger partial charge in [0.1, 0.15) is 0 Å². The summed E-state index contributed by atoms with van der Waals surface area (Å²) in [5.41, 5.74) is -0.614. The highest BCUT2D eigenvalue weighted by Gasteiger charge is 2.34. The highest BCUT2D eigenvalue weighted by molar-refractivity contribution is 9.09. The van der Waals surface area contributed by atoms with Crippen LogP contribution in [0.1, 0.15) is 44.1 Å². The summed E-state index contributed by atoms with van der Waals surface area (Å²) < 4.78 is 39.1. The molecule has 0 N–H and O–H groups in total. The van der Waals surface area contributed by atoms with Crippen molar-refractivity contribution in [2.24, 2.45) is 5.41 Å². The van der Waals surface area contributed by atoms with Crippen molar-refractivity contribution in [1.82, 2.24) is 9.78 Å². The molecule has 1 aromatic rings. The largest absolute Gasteiger partial charge is 0.419 e. The van der Waals surface area contributed by atoms with Gasteiger partial charge >= 0.3 is 6.18 Å². The monoisotopic (exact) mass is 338 g/mol. The normalized spacial score (nSPS) is 20.2. The number of rotatable bonds is 3. The average molecular weight is 339 g/mol. The number of nitrogens with zero attached hydrogens (tertiary/aromatic N) is 2. The van der Waals surface area contributed by atoms with E-state index in [0.717, 1.165) is 43.4 Å². The first-order valence-corrected chi connectivity index (χ1v) is 7.73. The van der Waals surface area contributed by atoms with E-state index in [-0.39, 0.29) is 5.41 Å². The van der Waals surface area contributed by atoms with Crippen molar-refractivity contribution in [3.8, 4) is 0 Å². The van der Waals surface area contributed by atoms with E-state index >= 15 is 0 Å². The number of hydrogen-bond donors (Lipinski definition) is 0. The number of halogens is 4. The second-order valence-corrected chi connectivity index (χ2v) is 6.03. The minimum atomic E-state index is -4.30. The van der Waals surface area contributed by atoms with Gasteiger partial charge in [-0.05, 0) is 18.3 Å². The van der Waals surface area contributed by atoms with Crippen molar-refractivity contribution in [2.75, 3.05) is 5.33 Å². The fourth-order valence-corrected chi connectivity index (χ4v) is 3.49. The van der Waals surface area contributed by atoms with Gasteiger partial charge in [0.15, 0.2) is 0 Å². The molecule has 1 aromatic heterocycles. The predicted octanol–water partition coefficient (Wildman–Crippen LogP) is 4.64. The van der Waals surface area contributed by atoms with Crippen LogP contribution in [0.25, 0.3) is 0 Å². The number of hydrogen-bond acceptors (Lipinski definition) is 1. The maximum Gasteiger partial charge on any atom is 0.419 e. The maximum absolute atomic E-state index is 12.6. The van der Waals surface area contributed by atoms with Crippen LogP contribution in [0.4, 0.5) is 13.2 Å². The SMILES string of the molecule is FC(F)(F)c1cnn(CC2(CBr)CCCCCC2)c1. The van der Waals surface area contributed by atoms with E-state index in [1.54, 1.807) is 0 Å². The standard InChI is InChI=1S/C13H18BrF3N2/c14-9-12(5-3-1-2-4-6-12)10-19-8-11(7-18-19)13(15,16)17/h7-8H,1-6,9-10H2. The summed E-state index contributed by atoms with van der Waals surface area (Å²) in [6.07, 6.45) is 4.59. The molecule has 0 radical (unpaired) electrons. The molecule has 0 aliphatic heterocycles. The second kappa shape index (κ2) is 5.85. The molecule has 1 saturated carbocycles. The van der Waals surface area contributed by atoms with Gasteiger partial charge in [0.25, 0.3) is 0 Å². The molecular weight excluding hydrogens is 321 g/mol. The molecule has 2 nitrogen and oxygen atoms in total. The zero-order chi connectivity index (χ0) is 13.9.